The third-order valence-electron chi connectivity index (χ3n) is 3.89. The fraction of sp³-hybridized carbons (Fsp3) is 0.0952. The van der Waals surface area contributed by atoms with Crippen molar-refractivity contribution in [2.45, 2.75) is 6.92 Å². The lowest BCUT2D eigenvalue weighted by molar-refractivity contribution is -0.115. The van der Waals surface area contributed by atoms with Crippen LogP contribution in [0.25, 0.3) is 6.08 Å². The van der Waals surface area contributed by atoms with E-state index in [-0.39, 0.29) is 11.5 Å². The molecule has 1 amide bonds. The normalized spacial score (nSPS) is 16.2. The number of para-hydroxylation sites is 1. The van der Waals surface area contributed by atoms with Crippen LogP contribution in [0, 0.1) is 6.92 Å². The number of rotatable bonds is 6. The number of ether oxygens (including phenoxy) is 1. The summed E-state index contributed by atoms with van der Waals surface area (Å²) in [7, 11) is 0. The average molecular weight is 394 g/mol. The molecular weight excluding hydrogens is 376 g/mol. The largest absolute Gasteiger partial charge is 0.489 e. The van der Waals surface area contributed by atoms with Gasteiger partial charge < -0.3 is 15.2 Å². The molecule has 2 aromatic rings. The number of benzene rings is 2. The Kier molecular flexibility index (Phi) is 5.96. The molecular formula is C21H18N2O4S. The van der Waals surface area contributed by atoms with Gasteiger partial charge in [-0.2, -0.15) is 0 Å². The number of nitrogens with zero attached hydrogens (tertiary/aromatic N) is 1. The van der Waals surface area contributed by atoms with Crippen molar-refractivity contribution in [3.05, 3.63) is 76.7 Å². The van der Waals surface area contributed by atoms with Crippen LogP contribution in [0.5, 0.6) is 5.75 Å². The molecule has 0 atom stereocenters. The topological polar surface area (TPSA) is 88.0 Å². The van der Waals surface area contributed by atoms with Crippen LogP contribution in [0.1, 0.15) is 21.5 Å². The Balaban J connectivity index is 1.88. The van der Waals surface area contributed by atoms with E-state index in [4.69, 9.17) is 9.84 Å². The molecule has 6 nitrogen and oxygen atoms in total. The molecule has 7 heteroatoms. The van der Waals surface area contributed by atoms with Crippen molar-refractivity contribution in [2.75, 3.05) is 6.61 Å². The van der Waals surface area contributed by atoms with E-state index in [1.807, 2.05) is 31.2 Å². The summed E-state index contributed by atoms with van der Waals surface area (Å²) in [5, 5.41) is 12.3. The fourth-order valence-corrected chi connectivity index (χ4v) is 3.30. The molecule has 1 aliphatic heterocycles. The molecule has 1 heterocycles. The quantitative estimate of drug-likeness (QED) is 0.568. The maximum absolute atomic E-state index is 12.3. The van der Waals surface area contributed by atoms with Crippen LogP contribution in [-0.2, 0) is 4.79 Å². The number of aromatic carboxylic acids is 1. The number of amidine groups is 1. The highest BCUT2D eigenvalue weighted by Gasteiger charge is 2.24. The summed E-state index contributed by atoms with van der Waals surface area (Å²) in [4.78, 5) is 28.4. The molecule has 3 rings (SSSR count). The van der Waals surface area contributed by atoms with Crippen LogP contribution in [0.3, 0.4) is 0 Å². The van der Waals surface area contributed by atoms with E-state index < -0.39 is 5.97 Å². The Morgan fingerprint density at radius 2 is 2.11 bits per heavy atom. The minimum atomic E-state index is -1.03. The van der Waals surface area contributed by atoms with Crippen LogP contribution >= 0.6 is 11.8 Å². The summed E-state index contributed by atoms with van der Waals surface area (Å²) in [6.07, 6.45) is 3.39. The molecule has 0 bridgehead atoms. The zero-order valence-electron chi connectivity index (χ0n) is 15.1. The van der Waals surface area contributed by atoms with Crippen molar-refractivity contribution in [3.8, 4) is 5.75 Å². The number of aliphatic imine (C=N–C) groups is 1. The van der Waals surface area contributed by atoms with Gasteiger partial charge in [0.15, 0.2) is 5.17 Å². The average Bonchev–Trinajstić information content (AvgIpc) is 3.01. The van der Waals surface area contributed by atoms with Crippen molar-refractivity contribution in [1.29, 1.82) is 0 Å². The lowest BCUT2D eigenvalue weighted by Gasteiger charge is -2.06. The van der Waals surface area contributed by atoms with Gasteiger partial charge in [0.05, 0.1) is 16.2 Å². The second kappa shape index (κ2) is 8.58. The summed E-state index contributed by atoms with van der Waals surface area (Å²) in [6.45, 7) is 5.83. The lowest BCUT2D eigenvalue weighted by Crippen LogP contribution is -2.19. The molecule has 0 aliphatic carbocycles. The molecule has 2 N–H and O–H groups in total. The summed E-state index contributed by atoms with van der Waals surface area (Å²) < 4.78 is 5.62. The molecule has 0 saturated carbocycles. The zero-order chi connectivity index (χ0) is 20.1. The lowest BCUT2D eigenvalue weighted by atomic mass is 10.1. The number of nitrogens with one attached hydrogen (secondary N) is 1. The molecule has 1 saturated heterocycles. The number of carbonyl (C=O) groups is 2. The third-order valence-corrected chi connectivity index (χ3v) is 4.80. The van der Waals surface area contributed by atoms with Crippen molar-refractivity contribution in [3.63, 3.8) is 0 Å². The minimum Gasteiger partial charge on any atom is -0.489 e. The maximum Gasteiger partial charge on any atom is 0.335 e. The number of carboxylic acids is 1. The molecule has 0 aromatic heterocycles. The first-order chi connectivity index (χ1) is 13.5. The molecule has 28 heavy (non-hydrogen) atoms. The van der Waals surface area contributed by atoms with E-state index in [1.165, 1.54) is 23.9 Å². The number of aryl methyl sites for hydroxylation is 1. The summed E-state index contributed by atoms with van der Waals surface area (Å²) in [6, 6.07) is 12.1. The molecule has 0 radical (unpaired) electrons. The Morgan fingerprint density at radius 3 is 2.86 bits per heavy atom. The number of carboxylic acid groups (broad SMARTS) is 1. The number of thioether (sulfide) groups is 1. The fourth-order valence-electron chi connectivity index (χ4n) is 2.47. The van der Waals surface area contributed by atoms with Crippen LogP contribution < -0.4 is 10.1 Å². The Bertz CT molecular complexity index is 1010. The number of hydrogen-bond acceptors (Lipinski definition) is 5. The molecule has 142 valence electrons. The summed E-state index contributed by atoms with van der Waals surface area (Å²) in [5.41, 5.74) is 2.22. The van der Waals surface area contributed by atoms with Gasteiger partial charge in [0.25, 0.3) is 5.91 Å². The number of hydrogen-bond donors (Lipinski definition) is 2. The molecule has 2 aromatic carbocycles. The zero-order valence-corrected chi connectivity index (χ0v) is 16.0. The van der Waals surface area contributed by atoms with E-state index in [1.54, 1.807) is 18.2 Å². The van der Waals surface area contributed by atoms with E-state index >= 15 is 0 Å². The van der Waals surface area contributed by atoms with E-state index in [9.17, 15) is 9.59 Å². The van der Waals surface area contributed by atoms with Crippen LogP contribution in [0.15, 0.2) is 65.0 Å². The van der Waals surface area contributed by atoms with Crippen LogP contribution in [0.2, 0.25) is 0 Å². The maximum atomic E-state index is 12.3. The van der Waals surface area contributed by atoms with Gasteiger partial charge in [0.1, 0.15) is 12.4 Å². The summed E-state index contributed by atoms with van der Waals surface area (Å²) >= 11 is 1.19. The van der Waals surface area contributed by atoms with Gasteiger partial charge >= 0.3 is 5.97 Å². The second-order valence-electron chi connectivity index (χ2n) is 5.93. The highest BCUT2D eigenvalue weighted by molar-refractivity contribution is 8.18. The first kappa shape index (κ1) is 19.4. The van der Waals surface area contributed by atoms with Gasteiger partial charge in [0, 0.05) is 5.56 Å². The van der Waals surface area contributed by atoms with E-state index in [0.29, 0.717) is 28.1 Å². The molecule has 0 spiro atoms. The predicted octanol–water partition coefficient (Wildman–Crippen LogP) is 4.15. The Morgan fingerprint density at radius 1 is 1.32 bits per heavy atom. The smallest absolute Gasteiger partial charge is 0.335 e. The van der Waals surface area contributed by atoms with Gasteiger partial charge in [-0.05, 0) is 48.5 Å². The van der Waals surface area contributed by atoms with Crippen molar-refractivity contribution < 1.29 is 19.4 Å². The minimum absolute atomic E-state index is 0.142. The molecule has 1 fully saturated rings. The SMILES string of the molecule is C=CCOc1ccccc1/C=C1\SC(=Nc2cc(C(=O)O)ccc2C)NC1=O. The molecule has 0 unspecified atom stereocenters. The first-order valence-electron chi connectivity index (χ1n) is 8.44. The van der Waals surface area contributed by atoms with Gasteiger partial charge in [-0.15, -0.1) is 0 Å². The van der Waals surface area contributed by atoms with Crippen LogP contribution in [-0.4, -0.2) is 28.8 Å². The van der Waals surface area contributed by atoms with Crippen molar-refractivity contribution in [1.82, 2.24) is 5.32 Å². The highest BCUT2D eigenvalue weighted by atomic mass is 32.2. The number of carbonyl (C=O) groups excluding carboxylic acids is 1. The van der Waals surface area contributed by atoms with E-state index in [2.05, 4.69) is 16.9 Å². The third kappa shape index (κ3) is 4.50. The first-order valence-corrected chi connectivity index (χ1v) is 9.26. The van der Waals surface area contributed by atoms with Crippen molar-refractivity contribution in [2.24, 2.45) is 4.99 Å². The van der Waals surface area contributed by atoms with Crippen molar-refractivity contribution >= 4 is 40.6 Å². The van der Waals surface area contributed by atoms with Gasteiger partial charge in [-0.25, -0.2) is 9.79 Å². The standard InChI is InChI=1S/C21H18N2O4S/c1-3-10-27-17-7-5-4-6-14(17)12-18-19(24)23-21(28-18)22-16-11-15(20(25)26)9-8-13(16)2/h3-9,11-12H,1,10H2,2H3,(H,25,26)(H,22,23,24)/b18-12-. The second-order valence-corrected chi connectivity index (χ2v) is 6.96. The Hall–Kier alpha value is -3.32. The highest BCUT2D eigenvalue weighted by Crippen LogP contribution is 2.31. The monoisotopic (exact) mass is 394 g/mol. The number of amides is 1. The van der Waals surface area contributed by atoms with Gasteiger partial charge in [-0.1, -0.05) is 36.9 Å². The van der Waals surface area contributed by atoms with Crippen LogP contribution in [0.4, 0.5) is 5.69 Å². The van der Waals surface area contributed by atoms with Gasteiger partial charge in [-0.3, -0.25) is 4.79 Å². The van der Waals surface area contributed by atoms with Gasteiger partial charge in [0.2, 0.25) is 0 Å². The predicted molar refractivity (Wildman–Crippen MR) is 111 cm³/mol. The summed E-state index contributed by atoms with van der Waals surface area (Å²) in [5.74, 6) is -0.644. The molecule has 1 aliphatic rings. The Labute approximate surface area is 166 Å². The van der Waals surface area contributed by atoms with E-state index in [0.717, 1.165) is 11.1 Å².